The lowest BCUT2D eigenvalue weighted by Crippen LogP contribution is -2.17. The van der Waals surface area contributed by atoms with E-state index in [0.717, 1.165) is 5.56 Å². The van der Waals surface area contributed by atoms with Gasteiger partial charge in [-0.3, -0.25) is 9.59 Å². The zero-order valence-corrected chi connectivity index (χ0v) is 11.7. The summed E-state index contributed by atoms with van der Waals surface area (Å²) in [4.78, 5) is 22.1. The highest BCUT2D eigenvalue weighted by atomic mass is 16.5. The maximum absolute atomic E-state index is 11.9. The van der Waals surface area contributed by atoms with E-state index in [1.807, 2.05) is 18.2 Å². The topological polar surface area (TPSA) is 63.6 Å². The number of carbonyl (C=O) groups is 2. The van der Waals surface area contributed by atoms with Crippen LogP contribution in [0.25, 0.3) is 0 Å². The average molecular weight is 276 g/mol. The highest BCUT2D eigenvalue weighted by molar-refractivity contribution is 5.91. The summed E-state index contributed by atoms with van der Waals surface area (Å²) in [6.07, 6.45) is 2.48. The van der Waals surface area contributed by atoms with Gasteiger partial charge in [0, 0.05) is 12.3 Å². The third kappa shape index (κ3) is 4.97. The highest BCUT2D eigenvalue weighted by Gasteiger charge is 2.21. The number of ether oxygens (including phenoxy) is 1. The van der Waals surface area contributed by atoms with Gasteiger partial charge in [0.2, 0.25) is 0 Å². The van der Waals surface area contributed by atoms with E-state index in [2.05, 4.69) is 0 Å². The molecule has 0 spiro atoms. The Morgan fingerprint density at radius 3 is 2.55 bits per heavy atom. The third-order valence-corrected chi connectivity index (χ3v) is 3.10. The summed E-state index contributed by atoms with van der Waals surface area (Å²) < 4.78 is 4.71. The second kappa shape index (κ2) is 8.27. The van der Waals surface area contributed by atoms with Crippen LogP contribution in [-0.2, 0) is 14.3 Å². The molecule has 4 nitrogen and oxygen atoms in total. The standard InChI is InChI=1S/C16H20O4/c1-12(20-11-17)7-6-10-15(18)13(2)16(19)14-8-4-3-5-9-14/h3-6,8-13,16,19H,7H2,1-2H3/b10-6+/t12-,13+,16+/m1/s1. The van der Waals surface area contributed by atoms with Gasteiger partial charge in [-0.1, -0.05) is 43.3 Å². The van der Waals surface area contributed by atoms with Crippen LogP contribution >= 0.6 is 0 Å². The summed E-state index contributed by atoms with van der Waals surface area (Å²) in [7, 11) is 0. The number of carbonyl (C=O) groups excluding carboxylic acids is 2. The monoisotopic (exact) mass is 276 g/mol. The van der Waals surface area contributed by atoms with Crippen molar-refractivity contribution in [1.82, 2.24) is 0 Å². The number of hydrogen-bond acceptors (Lipinski definition) is 4. The lowest BCUT2D eigenvalue weighted by molar-refractivity contribution is -0.132. The smallest absolute Gasteiger partial charge is 0.293 e. The summed E-state index contributed by atoms with van der Waals surface area (Å²) in [6, 6.07) is 9.08. The third-order valence-electron chi connectivity index (χ3n) is 3.10. The van der Waals surface area contributed by atoms with Gasteiger partial charge in [0.25, 0.3) is 6.47 Å². The first-order valence-corrected chi connectivity index (χ1v) is 6.58. The molecular formula is C16H20O4. The molecule has 0 aliphatic carbocycles. The molecule has 0 heterocycles. The van der Waals surface area contributed by atoms with E-state index in [1.165, 1.54) is 6.08 Å². The number of aliphatic hydroxyl groups excluding tert-OH is 1. The largest absolute Gasteiger partial charge is 0.465 e. The Morgan fingerprint density at radius 2 is 1.95 bits per heavy atom. The molecule has 1 rings (SSSR count). The summed E-state index contributed by atoms with van der Waals surface area (Å²) in [5, 5.41) is 10.1. The van der Waals surface area contributed by atoms with Crippen LogP contribution < -0.4 is 0 Å². The van der Waals surface area contributed by atoms with Crippen LogP contribution in [0.5, 0.6) is 0 Å². The van der Waals surface area contributed by atoms with Gasteiger partial charge in [0.15, 0.2) is 5.78 Å². The molecular weight excluding hydrogens is 256 g/mol. The SMILES string of the molecule is C[C@H](C/C=C/C(=O)[C@H](C)[C@H](O)c1ccccc1)OC=O. The van der Waals surface area contributed by atoms with Crippen LogP contribution in [0, 0.1) is 5.92 Å². The molecule has 0 amide bonds. The van der Waals surface area contributed by atoms with Crippen molar-refractivity contribution < 1.29 is 19.4 Å². The molecule has 0 saturated heterocycles. The van der Waals surface area contributed by atoms with Gasteiger partial charge in [-0.05, 0) is 18.6 Å². The normalized spacial score (nSPS) is 15.6. The molecule has 0 aliphatic rings. The van der Waals surface area contributed by atoms with Crippen LogP contribution in [0.1, 0.15) is 31.9 Å². The number of hydrogen-bond donors (Lipinski definition) is 1. The Labute approximate surface area is 119 Å². The van der Waals surface area contributed by atoms with E-state index >= 15 is 0 Å². The van der Waals surface area contributed by atoms with Crippen molar-refractivity contribution in [1.29, 1.82) is 0 Å². The Hall–Kier alpha value is -1.94. The average Bonchev–Trinajstić information content (AvgIpc) is 2.46. The van der Waals surface area contributed by atoms with Crippen LogP contribution in [0.2, 0.25) is 0 Å². The Kier molecular flexibility index (Phi) is 6.67. The Bertz CT molecular complexity index is 453. The van der Waals surface area contributed by atoms with Crippen LogP contribution in [0.4, 0.5) is 0 Å². The van der Waals surface area contributed by atoms with Crippen molar-refractivity contribution in [2.75, 3.05) is 0 Å². The maximum Gasteiger partial charge on any atom is 0.293 e. The summed E-state index contributed by atoms with van der Waals surface area (Å²) in [5.41, 5.74) is 0.722. The van der Waals surface area contributed by atoms with Crippen molar-refractivity contribution in [3.8, 4) is 0 Å². The molecule has 0 aromatic heterocycles. The van der Waals surface area contributed by atoms with Crippen molar-refractivity contribution in [3.05, 3.63) is 48.0 Å². The van der Waals surface area contributed by atoms with Crippen molar-refractivity contribution in [2.24, 2.45) is 5.92 Å². The molecule has 0 bridgehead atoms. The van der Waals surface area contributed by atoms with E-state index in [4.69, 9.17) is 4.74 Å². The molecule has 0 aliphatic heterocycles. The van der Waals surface area contributed by atoms with E-state index < -0.39 is 12.0 Å². The number of aliphatic hydroxyl groups is 1. The van der Waals surface area contributed by atoms with E-state index in [0.29, 0.717) is 12.9 Å². The minimum atomic E-state index is -0.822. The fraction of sp³-hybridized carbons (Fsp3) is 0.375. The fourth-order valence-electron chi connectivity index (χ4n) is 1.77. The van der Waals surface area contributed by atoms with Crippen LogP contribution in [-0.4, -0.2) is 23.5 Å². The van der Waals surface area contributed by atoms with E-state index in [-0.39, 0.29) is 11.9 Å². The molecule has 1 aromatic carbocycles. The first-order valence-electron chi connectivity index (χ1n) is 6.58. The summed E-state index contributed by atoms with van der Waals surface area (Å²) >= 11 is 0. The lowest BCUT2D eigenvalue weighted by atomic mass is 9.93. The fourth-order valence-corrected chi connectivity index (χ4v) is 1.77. The molecule has 0 fully saturated rings. The molecule has 1 N–H and O–H groups in total. The summed E-state index contributed by atoms with van der Waals surface area (Å²) in [5.74, 6) is -0.671. The summed E-state index contributed by atoms with van der Waals surface area (Å²) in [6.45, 7) is 3.82. The first-order chi connectivity index (χ1) is 9.56. The first kappa shape index (κ1) is 16.1. The molecule has 0 saturated carbocycles. The molecule has 108 valence electrons. The molecule has 20 heavy (non-hydrogen) atoms. The Balaban J connectivity index is 2.54. The van der Waals surface area contributed by atoms with Crippen LogP contribution in [0.3, 0.4) is 0 Å². The number of allylic oxidation sites excluding steroid dienone is 1. The lowest BCUT2D eigenvalue weighted by Gasteiger charge is -2.16. The molecule has 0 radical (unpaired) electrons. The Morgan fingerprint density at radius 1 is 1.30 bits per heavy atom. The second-order valence-corrected chi connectivity index (χ2v) is 4.73. The predicted molar refractivity (Wildman–Crippen MR) is 75.9 cm³/mol. The number of ketones is 1. The minimum absolute atomic E-state index is 0.153. The molecule has 3 atom stereocenters. The van der Waals surface area contributed by atoms with Gasteiger partial charge in [-0.15, -0.1) is 0 Å². The predicted octanol–water partition coefficient (Wildman–Crippen LogP) is 2.43. The van der Waals surface area contributed by atoms with Gasteiger partial charge < -0.3 is 9.84 Å². The van der Waals surface area contributed by atoms with Gasteiger partial charge >= 0.3 is 0 Å². The number of benzene rings is 1. The van der Waals surface area contributed by atoms with Crippen LogP contribution in [0.15, 0.2) is 42.5 Å². The van der Waals surface area contributed by atoms with Gasteiger partial charge in [0.1, 0.15) is 6.10 Å². The molecule has 0 unspecified atom stereocenters. The highest BCUT2D eigenvalue weighted by Crippen LogP contribution is 2.22. The van der Waals surface area contributed by atoms with E-state index in [9.17, 15) is 14.7 Å². The van der Waals surface area contributed by atoms with Crippen molar-refractivity contribution >= 4 is 12.3 Å². The van der Waals surface area contributed by atoms with Crippen molar-refractivity contribution in [2.45, 2.75) is 32.5 Å². The zero-order valence-electron chi connectivity index (χ0n) is 11.7. The zero-order chi connectivity index (χ0) is 15.0. The van der Waals surface area contributed by atoms with Gasteiger partial charge in [0.05, 0.1) is 6.10 Å². The second-order valence-electron chi connectivity index (χ2n) is 4.73. The quantitative estimate of drug-likeness (QED) is 0.585. The molecule has 1 aromatic rings. The van der Waals surface area contributed by atoms with Gasteiger partial charge in [-0.2, -0.15) is 0 Å². The van der Waals surface area contributed by atoms with Gasteiger partial charge in [-0.25, -0.2) is 0 Å². The van der Waals surface area contributed by atoms with E-state index in [1.54, 1.807) is 32.1 Å². The molecule has 4 heteroatoms. The van der Waals surface area contributed by atoms with Crippen molar-refractivity contribution in [3.63, 3.8) is 0 Å². The minimum Gasteiger partial charge on any atom is -0.465 e. The number of rotatable bonds is 8. The maximum atomic E-state index is 11.9.